The van der Waals surface area contributed by atoms with Gasteiger partial charge in [0.25, 0.3) is 5.91 Å². The Morgan fingerprint density at radius 2 is 1.79 bits per heavy atom. The van der Waals surface area contributed by atoms with Crippen LogP contribution in [-0.4, -0.2) is 28.6 Å². The highest BCUT2D eigenvalue weighted by atomic mass is 35.5. The van der Waals surface area contributed by atoms with Crippen LogP contribution in [0.3, 0.4) is 0 Å². The van der Waals surface area contributed by atoms with E-state index in [1.54, 1.807) is 18.2 Å². The van der Waals surface area contributed by atoms with Gasteiger partial charge in [-0.05, 0) is 67.8 Å². The molecule has 0 fully saturated rings. The molecule has 1 N–H and O–H groups in total. The number of halogens is 2. The van der Waals surface area contributed by atoms with Gasteiger partial charge < -0.3 is 14.6 Å². The molecule has 0 unspecified atom stereocenters. The van der Waals surface area contributed by atoms with Crippen LogP contribution in [0.15, 0.2) is 66.7 Å². The first-order chi connectivity index (χ1) is 16.5. The summed E-state index contributed by atoms with van der Waals surface area (Å²) in [5, 5.41) is 4.15. The first-order valence-electron chi connectivity index (χ1n) is 11.4. The highest BCUT2D eigenvalue weighted by Crippen LogP contribution is 2.22. The number of nitrogens with one attached hydrogen (secondary N) is 1. The number of aryl methyl sites for hydroxylation is 3. The molecular formula is C27H27Cl2N3O2. The number of benzene rings is 3. The number of amides is 1. The Bertz CT molecular complexity index is 1290. The predicted molar refractivity (Wildman–Crippen MR) is 138 cm³/mol. The molecular weight excluding hydrogens is 469 g/mol. The fraction of sp³-hybridized carbons (Fsp3) is 0.259. The normalized spacial score (nSPS) is 11.0. The van der Waals surface area contributed by atoms with Gasteiger partial charge in [0.2, 0.25) is 0 Å². The molecule has 34 heavy (non-hydrogen) atoms. The Hall–Kier alpha value is -3.02. The largest absolute Gasteiger partial charge is 0.494 e. The number of aromatic nitrogens is 2. The maximum Gasteiger partial charge on any atom is 0.252 e. The molecule has 0 radical (unpaired) electrons. The minimum absolute atomic E-state index is 0.159. The van der Waals surface area contributed by atoms with Crippen molar-refractivity contribution in [3.8, 4) is 5.75 Å². The lowest BCUT2D eigenvalue weighted by atomic mass is 10.2. The molecule has 0 spiro atoms. The number of rotatable bonds is 10. The average molecular weight is 496 g/mol. The number of nitrogens with zero attached hydrogens (tertiary/aromatic N) is 2. The van der Waals surface area contributed by atoms with Crippen molar-refractivity contribution in [1.29, 1.82) is 0 Å². The van der Waals surface area contributed by atoms with Crippen LogP contribution in [0.4, 0.5) is 0 Å². The lowest BCUT2D eigenvalue weighted by Gasteiger charge is -2.11. The summed E-state index contributed by atoms with van der Waals surface area (Å²) in [4.78, 5) is 17.2. The predicted octanol–water partition coefficient (Wildman–Crippen LogP) is 6.48. The first kappa shape index (κ1) is 24.1. The number of fused-ring (bicyclic) bond motifs is 1. The SMILES string of the molecule is Cc1cc(OCCCn2c(CCCNC(=O)c3ccccc3Cl)nc3ccccc32)ccc1Cl. The number of ether oxygens (including phenoxy) is 1. The van der Waals surface area contributed by atoms with Crippen molar-refractivity contribution >= 4 is 40.1 Å². The summed E-state index contributed by atoms with van der Waals surface area (Å²) in [7, 11) is 0. The van der Waals surface area contributed by atoms with Gasteiger partial charge in [-0.3, -0.25) is 4.79 Å². The molecule has 1 aromatic heterocycles. The van der Waals surface area contributed by atoms with Gasteiger partial charge in [-0.15, -0.1) is 0 Å². The minimum Gasteiger partial charge on any atom is -0.494 e. The smallest absolute Gasteiger partial charge is 0.252 e. The molecule has 1 amide bonds. The Balaban J connectivity index is 1.33. The second-order valence-electron chi connectivity index (χ2n) is 8.12. The zero-order valence-electron chi connectivity index (χ0n) is 19.1. The van der Waals surface area contributed by atoms with E-state index in [-0.39, 0.29) is 5.91 Å². The first-order valence-corrected chi connectivity index (χ1v) is 12.1. The number of carbonyl (C=O) groups excluding carboxylic acids is 1. The van der Waals surface area contributed by atoms with Gasteiger partial charge in [-0.25, -0.2) is 4.98 Å². The Morgan fingerprint density at radius 1 is 1.00 bits per heavy atom. The third-order valence-electron chi connectivity index (χ3n) is 5.64. The third-order valence-corrected chi connectivity index (χ3v) is 6.39. The van der Waals surface area contributed by atoms with Crippen LogP contribution in [0, 0.1) is 6.92 Å². The number of hydrogen-bond acceptors (Lipinski definition) is 3. The molecule has 3 aromatic carbocycles. The van der Waals surface area contributed by atoms with E-state index in [1.807, 2.05) is 49.4 Å². The average Bonchev–Trinajstić information content (AvgIpc) is 3.19. The van der Waals surface area contributed by atoms with E-state index in [2.05, 4.69) is 16.0 Å². The summed E-state index contributed by atoms with van der Waals surface area (Å²) < 4.78 is 8.17. The summed E-state index contributed by atoms with van der Waals surface area (Å²) in [5.41, 5.74) is 3.59. The van der Waals surface area contributed by atoms with Crippen LogP contribution in [-0.2, 0) is 13.0 Å². The molecule has 4 aromatic rings. The standard InChI is InChI=1S/C27H27Cl2N3O2/c1-19-18-20(13-14-22(19)28)34-17-7-16-32-25-11-5-4-10-24(25)31-26(32)12-6-15-30-27(33)21-8-2-3-9-23(21)29/h2-5,8-11,13-14,18H,6-7,12,15-17H2,1H3,(H,30,33). The molecule has 0 aliphatic rings. The highest BCUT2D eigenvalue weighted by Gasteiger charge is 2.12. The fourth-order valence-electron chi connectivity index (χ4n) is 3.87. The molecule has 0 aliphatic heterocycles. The zero-order chi connectivity index (χ0) is 23.9. The number of hydrogen-bond donors (Lipinski definition) is 1. The van der Waals surface area contributed by atoms with E-state index in [0.717, 1.165) is 59.0 Å². The van der Waals surface area contributed by atoms with E-state index in [1.165, 1.54) is 0 Å². The van der Waals surface area contributed by atoms with Crippen LogP contribution in [0.2, 0.25) is 10.0 Å². The third kappa shape index (κ3) is 5.91. The van der Waals surface area contributed by atoms with Gasteiger partial charge in [-0.2, -0.15) is 0 Å². The second-order valence-corrected chi connectivity index (χ2v) is 8.94. The zero-order valence-corrected chi connectivity index (χ0v) is 20.6. The fourth-order valence-corrected chi connectivity index (χ4v) is 4.21. The number of para-hydroxylation sites is 2. The van der Waals surface area contributed by atoms with Crippen LogP contribution >= 0.6 is 23.2 Å². The summed E-state index contributed by atoms with van der Waals surface area (Å²) in [6.07, 6.45) is 2.38. The lowest BCUT2D eigenvalue weighted by Crippen LogP contribution is -2.25. The van der Waals surface area contributed by atoms with Crippen LogP contribution in [0.25, 0.3) is 11.0 Å². The molecule has 0 bridgehead atoms. The van der Waals surface area contributed by atoms with Gasteiger partial charge in [-0.1, -0.05) is 47.5 Å². The van der Waals surface area contributed by atoms with Crippen molar-refractivity contribution in [3.05, 3.63) is 93.7 Å². The molecule has 176 valence electrons. The van der Waals surface area contributed by atoms with Crippen molar-refractivity contribution in [2.45, 2.75) is 32.7 Å². The van der Waals surface area contributed by atoms with Gasteiger partial charge in [0.05, 0.1) is 28.2 Å². The van der Waals surface area contributed by atoms with E-state index in [0.29, 0.717) is 23.7 Å². The van der Waals surface area contributed by atoms with Crippen LogP contribution in [0.5, 0.6) is 5.75 Å². The molecule has 0 saturated heterocycles. The molecule has 1 heterocycles. The maximum absolute atomic E-state index is 12.4. The molecule has 0 atom stereocenters. The van der Waals surface area contributed by atoms with Gasteiger partial charge >= 0.3 is 0 Å². The van der Waals surface area contributed by atoms with Gasteiger partial charge in [0.15, 0.2) is 0 Å². The molecule has 4 rings (SSSR count). The highest BCUT2D eigenvalue weighted by molar-refractivity contribution is 6.33. The molecule has 0 aliphatic carbocycles. The Kier molecular flexibility index (Phi) is 8.09. The Labute approximate surface area is 209 Å². The summed E-state index contributed by atoms with van der Waals surface area (Å²) in [6.45, 7) is 3.91. The quantitative estimate of drug-likeness (QED) is 0.256. The molecule has 7 heteroatoms. The second kappa shape index (κ2) is 11.4. The monoisotopic (exact) mass is 495 g/mol. The van der Waals surface area contributed by atoms with Crippen LogP contribution in [0.1, 0.15) is 34.6 Å². The van der Waals surface area contributed by atoms with E-state index < -0.39 is 0 Å². The maximum atomic E-state index is 12.4. The Morgan fingerprint density at radius 3 is 2.62 bits per heavy atom. The van der Waals surface area contributed by atoms with Crippen molar-refractivity contribution in [2.75, 3.05) is 13.2 Å². The van der Waals surface area contributed by atoms with E-state index >= 15 is 0 Å². The van der Waals surface area contributed by atoms with Crippen molar-refractivity contribution in [2.24, 2.45) is 0 Å². The summed E-state index contributed by atoms with van der Waals surface area (Å²) in [5.74, 6) is 1.68. The minimum atomic E-state index is -0.159. The number of imidazole rings is 1. The topological polar surface area (TPSA) is 56.1 Å². The summed E-state index contributed by atoms with van der Waals surface area (Å²) in [6, 6.07) is 20.9. The summed E-state index contributed by atoms with van der Waals surface area (Å²) >= 11 is 12.2. The lowest BCUT2D eigenvalue weighted by molar-refractivity contribution is 0.0953. The molecule has 0 saturated carbocycles. The van der Waals surface area contributed by atoms with Gasteiger partial charge in [0, 0.05) is 24.5 Å². The number of carbonyl (C=O) groups is 1. The van der Waals surface area contributed by atoms with E-state index in [9.17, 15) is 4.79 Å². The molecule has 5 nitrogen and oxygen atoms in total. The van der Waals surface area contributed by atoms with Crippen molar-refractivity contribution in [3.63, 3.8) is 0 Å². The van der Waals surface area contributed by atoms with Gasteiger partial charge in [0.1, 0.15) is 11.6 Å². The van der Waals surface area contributed by atoms with Crippen molar-refractivity contribution in [1.82, 2.24) is 14.9 Å². The van der Waals surface area contributed by atoms with E-state index in [4.69, 9.17) is 32.9 Å². The van der Waals surface area contributed by atoms with Crippen LogP contribution < -0.4 is 10.1 Å². The van der Waals surface area contributed by atoms with Crippen molar-refractivity contribution < 1.29 is 9.53 Å².